The molecule has 2 atom stereocenters. The Bertz CT molecular complexity index is 482. The van der Waals surface area contributed by atoms with Crippen LogP contribution in [0.1, 0.15) is 25.5 Å². The van der Waals surface area contributed by atoms with E-state index in [1.165, 1.54) is 18.6 Å². The van der Waals surface area contributed by atoms with Gasteiger partial charge in [-0.25, -0.2) is 4.98 Å². The second kappa shape index (κ2) is 4.30. The summed E-state index contributed by atoms with van der Waals surface area (Å²) in [4.78, 5) is 5.67. The van der Waals surface area contributed by atoms with Gasteiger partial charge in [0.1, 0.15) is 0 Å². The predicted molar refractivity (Wildman–Crippen MR) is 74.8 cm³/mol. The minimum atomic E-state index is 0.208. The van der Waals surface area contributed by atoms with E-state index in [0.29, 0.717) is 0 Å². The summed E-state index contributed by atoms with van der Waals surface area (Å²) in [7, 11) is 0. The molecule has 2 unspecified atom stereocenters. The van der Waals surface area contributed by atoms with Crippen molar-refractivity contribution in [2.45, 2.75) is 37.0 Å². The Morgan fingerprint density at radius 3 is 3.24 bits per heavy atom. The molecule has 1 fully saturated rings. The molecule has 1 aliphatic heterocycles. The summed E-state index contributed by atoms with van der Waals surface area (Å²) in [6, 6.07) is 0.208. The van der Waals surface area contributed by atoms with Crippen LogP contribution in [0.25, 0.3) is 4.96 Å². The summed E-state index contributed by atoms with van der Waals surface area (Å²) in [5.41, 5.74) is 7.49. The molecule has 1 aliphatic rings. The first-order valence-electron chi connectivity index (χ1n) is 5.98. The maximum atomic E-state index is 6.37. The van der Waals surface area contributed by atoms with Gasteiger partial charge in [0.05, 0.1) is 5.69 Å². The fourth-order valence-electron chi connectivity index (χ4n) is 2.41. The molecule has 2 aromatic rings. The van der Waals surface area contributed by atoms with E-state index in [2.05, 4.69) is 27.9 Å². The Morgan fingerprint density at radius 2 is 2.53 bits per heavy atom. The monoisotopic (exact) mass is 267 g/mol. The van der Waals surface area contributed by atoms with E-state index in [0.717, 1.165) is 17.1 Å². The van der Waals surface area contributed by atoms with Gasteiger partial charge in [-0.1, -0.05) is 0 Å². The molecule has 0 radical (unpaired) electrons. The van der Waals surface area contributed by atoms with Crippen LogP contribution in [-0.4, -0.2) is 25.9 Å². The van der Waals surface area contributed by atoms with Crippen molar-refractivity contribution in [3.8, 4) is 0 Å². The maximum absolute atomic E-state index is 6.37. The van der Waals surface area contributed by atoms with Crippen LogP contribution < -0.4 is 5.73 Å². The van der Waals surface area contributed by atoms with Gasteiger partial charge in [-0.05, 0) is 25.5 Å². The largest absolute Gasteiger partial charge is 0.326 e. The number of nitrogens with two attached hydrogens (primary N) is 1. The first-order chi connectivity index (χ1) is 8.17. The summed E-state index contributed by atoms with van der Waals surface area (Å²) in [6.45, 7) is 2.30. The minimum Gasteiger partial charge on any atom is -0.326 e. The summed E-state index contributed by atoms with van der Waals surface area (Å²) in [5.74, 6) is 1.25. The molecule has 3 heterocycles. The Morgan fingerprint density at radius 1 is 1.65 bits per heavy atom. The van der Waals surface area contributed by atoms with Crippen molar-refractivity contribution >= 4 is 28.1 Å². The lowest BCUT2D eigenvalue weighted by atomic mass is 9.93. The van der Waals surface area contributed by atoms with E-state index in [-0.39, 0.29) is 10.8 Å². The second-order valence-corrected chi connectivity index (χ2v) is 7.40. The van der Waals surface area contributed by atoms with Crippen LogP contribution in [-0.2, 0) is 6.42 Å². The fourth-order valence-corrected chi connectivity index (χ4v) is 4.47. The zero-order valence-corrected chi connectivity index (χ0v) is 11.6. The Balaban J connectivity index is 1.76. The molecule has 0 aromatic carbocycles. The number of nitrogens with zero attached hydrogens (tertiary/aromatic N) is 2. The topological polar surface area (TPSA) is 43.3 Å². The van der Waals surface area contributed by atoms with Crippen LogP contribution >= 0.6 is 23.1 Å². The van der Waals surface area contributed by atoms with E-state index in [4.69, 9.17) is 5.73 Å². The number of fused-ring (bicyclic) bond motifs is 1. The quantitative estimate of drug-likeness (QED) is 0.929. The highest BCUT2D eigenvalue weighted by Crippen LogP contribution is 2.40. The molecule has 0 bridgehead atoms. The first kappa shape index (κ1) is 11.6. The zero-order valence-electron chi connectivity index (χ0n) is 9.93. The van der Waals surface area contributed by atoms with Crippen molar-refractivity contribution < 1.29 is 0 Å². The lowest BCUT2D eigenvalue weighted by Gasteiger charge is -2.29. The number of rotatable bonds is 3. The van der Waals surface area contributed by atoms with Crippen LogP contribution in [0.15, 0.2) is 17.8 Å². The van der Waals surface area contributed by atoms with E-state index >= 15 is 0 Å². The lowest BCUT2D eigenvalue weighted by molar-refractivity contribution is 0.479. The van der Waals surface area contributed by atoms with Crippen LogP contribution in [0.4, 0.5) is 0 Å². The molecule has 1 saturated heterocycles. The highest BCUT2D eigenvalue weighted by molar-refractivity contribution is 8.00. The normalized spacial score (nSPS) is 26.7. The summed E-state index contributed by atoms with van der Waals surface area (Å²) in [6.07, 6.45) is 7.58. The van der Waals surface area contributed by atoms with Crippen molar-refractivity contribution in [1.82, 2.24) is 9.38 Å². The number of hydrogen-bond donors (Lipinski definition) is 1. The summed E-state index contributed by atoms with van der Waals surface area (Å²) in [5, 5.41) is 2.06. The number of thiazole rings is 1. The number of hydrogen-bond acceptors (Lipinski definition) is 4. The Hall–Kier alpha value is -0.520. The molecular weight excluding hydrogens is 250 g/mol. The van der Waals surface area contributed by atoms with Gasteiger partial charge in [0.2, 0.25) is 0 Å². The van der Waals surface area contributed by atoms with Crippen molar-refractivity contribution in [2.24, 2.45) is 5.73 Å². The SMILES string of the molecule is CC1(C(N)Cc2cn3ccsc3n2)CCCS1. The second-order valence-electron chi connectivity index (χ2n) is 4.90. The van der Waals surface area contributed by atoms with Gasteiger partial charge in [0.25, 0.3) is 0 Å². The van der Waals surface area contributed by atoms with Gasteiger partial charge in [-0.15, -0.1) is 11.3 Å². The smallest absolute Gasteiger partial charge is 0.193 e. The lowest BCUT2D eigenvalue weighted by Crippen LogP contribution is -2.42. The maximum Gasteiger partial charge on any atom is 0.193 e. The van der Waals surface area contributed by atoms with E-state index in [1.54, 1.807) is 11.3 Å². The van der Waals surface area contributed by atoms with Crippen molar-refractivity contribution in [1.29, 1.82) is 0 Å². The van der Waals surface area contributed by atoms with E-state index < -0.39 is 0 Å². The summed E-state index contributed by atoms with van der Waals surface area (Å²) >= 11 is 3.70. The molecule has 2 N–H and O–H groups in total. The average Bonchev–Trinajstić information content (AvgIpc) is 2.93. The van der Waals surface area contributed by atoms with Gasteiger partial charge in [-0.2, -0.15) is 11.8 Å². The standard InChI is InChI=1S/C12H17N3S2/c1-12(3-2-5-17-12)10(13)7-9-8-15-4-6-16-11(15)14-9/h4,6,8,10H,2-3,5,7,13H2,1H3. The molecule has 3 rings (SSSR count). The minimum absolute atomic E-state index is 0.208. The van der Waals surface area contributed by atoms with Gasteiger partial charge in [-0.3, -0.25) is 4.40 Å². The first-order valence-corrected chi connectivity index (χ1v) is 7.84. The predicted octanol–water partition coefficient (Wildman–Crippen LogP) is 2.55. The van der Waals surface area contributed by atoms with Gasteiger partial charge in [0.15, 0.2) is 4.96 Å². The van der Waals surface area contributed by atoms with Crippen LogP contribution in [0.2, 0.25) is 0 Å². The molecule has 0 spiro atoms. The molecule has 3 nitrogen and oxygen atoms in total. The van der Waals surface area contributed by atoms with Crippen LogP contribution in [0.3, 0.4) is 0 Å². The average molecular weight is 267 g/mol. The van der Waals surface area contributed by atoms with Crippen molar-refractivity contribution in [3.05, 3.63) is 23.5 Å². The van der Waals surface area contributed by atoms with Crippen molar-refractivity contribution in [3.63, 3.8) is 0 Å². The molecule has 0 aliphatic carbocycles. The third-order valence-corrected chi connectivity index (χ3v) is 6.04. The third-order valence-electron chi connectivity index (χ3n) is 3.61. The highest BCUT2D eigenvalue weighted by Gasteiger charge is 2.35. The molecule has 2 aromatic heterocycles. The summed E-state index contributed by atoms with van der Waals surface area (Å²) < 4.78 is 2.33. The highest BCUT2D eigenvalue weighted by atomic mass is 32.2. The number of thioether (sulfide) groups is 1. The number of imidazole rings is 1. The van der Waals surface area contributed by atoms with Crippen molar-refractivity contribution in [2.75, 3.05) is 5.75 Å². The van der Waals surface area contributed by atoms with Gasteiger partial charge < -0.3 is 5.73 Å². The molecule has 17 heavy (non-hydrogen) atoms. The molecule has 92 valence electrons. The molecule has 0 amide bonds. The van der Waals surface area contributed by atoms with Gasteiger partial charge >= 0.3 is 0 Å². The number of aromatic nitrogens is 2. The van der Waals surface area contributed by atoms with E-state index in [9.17, 15) is 0 Å². The van der Waals surface area contributed by atoms with E-state index in [1.807, 2.05) is 18.0 Å². The Labute approximate surface area is 109 Å². The van der Waals surface area contributed by atoms with Gasteiger partial charge in [0, 0.05) is 35.0 Å². The zero-order chi connectivity index (χ0) is 11.9. The third kappa shape index (κ3) is 2.11. The molecular formula is C12H17N3S2. The van der Waals surface area contributed by atoms with Crippen LogP contribution in [0, 0.1) is 0 Å². The fraction of sp³-hybridized carbons (Fsp3) is 0.583. The Kier molecular flexibility index (Phi) is 2.92. The molecule has 0 saturated carbocycles. The van der Waals surface area contributed by atoms with Crippen LogP contribution in [0.5, 0.6) is 0 Å². The molecule has 5 heteroatoms.